The molecule has 2 N–H and O–H groups in total. The predicted octanol–water partition coefficient (Wildman–Crippen LogP) is 2.00. The number of likely N-dealkylation sites (N-methyl/N-ethyl adjacent to an activating group) is 1. The molecular formula is C15H21FN4. The molecule has 1 aromatic heterocycles. The maximum absolute atomic E-state index is 14.0. The van der Waals surface area contributed by atoms with Crippen molar-refractivity contribution in [3.8, 4) is 0 Å². The van der Waals surface area contributed by atoms with Crippen LogP contribution in [0, 0.1) is 12.7 Å². The standard InChI is InChI=1S/C15H21FN4/c1-11-4-5-13(16)12(8-11)14(9-17)20(3)10-15-18-6-7-19(15)2/h4-8,14H,9-10,17H2,1-3H3. The number of hydrogen-bond acceptors (Lipinski definition) is 3. The third-order valence-corrected chi connectivity index (χ3v) is 3.58. The molecule has 4 nitrogen and oxygen atoms in total. The quantitative estimate of drug-likeness (QED) is 0.908. The highest BCUT2D eigenvalue weighted by atomic mass is 19.1. The van der Waals surface area contributed by atoms with E-state index in [0.29, 0.717) is 18.7 Å². The van der Waals surface area contributed by atoms with Crippen LogP contribution in [0.4, 0.5) is 4.39 Å². The maximum atomic E-state index is 14.0. The minimum Gasteiger partial charge on any atom is -0.337 e. The Balaban J connectivity index is 2.23. The Morgan fingerprint density at radius 1 is 1.45 bits per heavy atom. The number of aryl methyl sites for hydroxylation is 2. The highest BCUT2D eigenvalue weighted by molar-refractivity contribution is 5.27. The van der Waals surface area contributed by atoms with E-state index in [4.69, 9.17) is 5.73 Å². The lowest BCUT2D eigenvalue weighted by molar-refractivity contribution is 0.229. The highest BCUT2D eigenvalue weighted by Crippen LogP contribution is 2.23. The average Bonchev–Trinajstić information content (AvgIpc) is 2.80. The van der Waals surface area contributed by atoms with Gasteiger partial charge in [-0.1, -0.05) is 17.7 Å². The second-order valence-corrected chi connectivity index (χ2v) is 5.15. The largest absolute Gasteiger partial charge is 0.337 e. The fourth-order valence-electron chi connectivity index (χ4n) is 2.34. The molecule has 0 spiro atoms. The molecular weight excluding hydrogens is 255 g/mol. The van der Waals surface area contributed by atoms with Crippen LogP contribution in [0.2, 0.25) is 0 Å². The molecule has 0 amide bonds. The zero-order valence-electron chi connectivity index (χ0n) is 12.2. The molecule has 1 heterocycles. The Morgan fingerprint density at radius 3 is 2.80 bits per heavy atom. The Labute approximate surface area is 119 Å². The highest BCUT2D eigenvalue weighted by Gasteiger charge is 2.20. The Morgan fingerprint density at radius 2 is 2.20 bits per heavy atom. The summed E-state index contributed by atoms with van der Waals surface area (Å²) in [5.74, 6) is 0.719. The fourth-order valence-corrected chi connectivity index (χ4v) is 2.34. The van der Waals surface area contributed by atoms with Crippen LogP contribution in [0.1, 0.15) is 23.0 Å². The van der Waals surface area contributed by atoms with Gasteiger partial charge in [0.2, 0.25) is 0 Å². The summed E-state index contributed by atoms with van der Waals surface area (Å²) in [7, 11) is 3.88. The lowest BCUT2D eigenvalue weighted by Gasteiger charge is -2.27. The summed E-state index contributed by atoms with van der Waals surface area (Å²) in [6.45, 7) is 2.94. The summed E-state index contributed by atoms with van der Waals surface area (Å²) < 4.78 is 16.0. The van der Waals surface area contributed by atoms with E-state index in [1.165, 1.54) is 6.07 Å². The van der Waals surface area contributed by atoms with Gasteiger partial charge < -0.3 is 10.3 Å². The van der Waals surface area contributed by atoms with E-state index >= 15 is 0 Å². The van der Waals surface area contributed by atoms with Crippen molar-refractivity contribution in [1.82, 2.24) is 14.5 Å². The van der Waals surface area contributed by atoms with Crippen molar-refractivity contribution in [2.24, 2.45) is 12.8 Å². The number of nitrogens with zero attached hydrogens (tertiary/aromatic N) is 3. The van der Waals surface area contributed by atoms with Gasteiger partial charge in [-0.05, 0) is 20.0 Å². The molecule has 0 aliphatic heterocycles. The van der Waals surface area contributed by atoms with E-state index in [1.54, 1.807) is 12.3 Å². The van der Waals surface area contributed by atoms with Gasteiger partial charge in [0.1, 0.15) is 11.6 Å². The molecule has 0 aliphatic rings. The topological polar surface area (TPSA) is 47.1 Å². The van der Waals surface area contributed by atoms with E-state index < -0.39 is 0 Å². The second-order valence-electron chi connectivity index (χ2n) is 5.15. The first-order chi connectivity index (χ1) is 9.52. The Hall–Kier alpha value is -1.72. The zero-order chi connectivity index (χ0) is 14.7. The first-order valence-corrected chi connectivity index (χ1v) is 6.65. The molecule has 0 radical (unpaired) electrons. The Bertz CT molecular complexity index is 579. The Kier molecular flexibility index (Phi) is 4.52. The van der Waals surface area contributed by atoms with E-state index in [2.05, 4.69) is 4.98 Å². The number of nitrogens with two attached hydrogens (primary N) is 1. The summed E-state index contributed by atoms with van der Waals surface area (Å²) in [6.07, 6.45) is 3.65. The molecule has 1 atom stereocenters. The predicted molar refractivity (Wildman–Crippen MR) is 77.6 cm³/mol. The van der Waals surface area contributed by atoms with Gasteiger partial charge in [-0.15, -0.1) is 0 Å². The molecule has 0 saturated carbocycles. The van der Waals surface area contributed by atoms with Crippen molar-refractivity contribution in [2.45, 2.75) is 19.5 Å². The summed E-state index contributed by atoms with van der Waals surface area (Å²) in [6, 6.07) is 4.97. The molecule has 20 heavy (non-hydrogen) atoms. The molecule has 2 aromatic rings. The molecule has 5 heteroatoms. The van der Waals surface area contributed by atoms with Crippen molar-refractivity contribution in [1.29, 1.82) is 0 Å². The number of benzene rings is 1. The third-order valence-electron chi connectivity index (χ3n) is 3.58. The van der Waals surface area contributed by atoms with Gasteiger partial charge in [0.25, 0.3) is 0 Å². The maximum Gasteiger partial charge on any atom is 0.128 e. The SMILES string of the molecule is Cc1ccc(F)c(C(CN)N(C)Cc2nccn2C)c1. The van der Waals surface area contributed by atoms with Crippen molar-refractivity contribution >= 4 is 0 Å². The molecule has 0 saturated heterocycles. The number of imidazole rings is 1. The van der Waals surface area contributed by atoms with Crippen molar-refractivity contribution in [2.75, 3.05) is 13.6 Å². The van der Waals surface area contributed by atoms with E-state index in [1.807, 2.05) is 42.7 Å². The monoisotopic (exact) mass is 276 g/mol. The first kappa shape index (κ1) is 14.7. The van der Waals surface area contributed by atoms with Crippen molar-refractivity contribution in [3.63, 3.8) is 0 Å². The molecule has 1 aromatic carbocycles. The van der Waals surface area contributed by atoms with E-state index in [0.717, 1.165) is 11.4 Å². The molecule has 0 bridgehead atoms. The van der Waals surface area contributed by atoms with E-state index in [-0.39, 0.29) is 11.9 Å². The molecule has 108 valence electrons. The van der Waals surface area contributed by atoms with E-state index in [9.17, 15) is 4.39 Å². The molecule has 0 aliphatic carbocycles. The number of rotatable bonds is 5. The minimum absolute atomic E-state index is 0.161. The van der Waals surface area contributed by atoms with Crippen molar-refractivity contribution in [3.05, 3.63) is 53.4 Å². The molecule has 2 rings (SSSR count). The minimum atomic E-state index is -0.210. The zero-order valence-corrected chi connectivity index (χ0v) is 12.2. The summed E-state index contributed by atoms with van der Waals surface area (Å²) in [5.41, 5.74) is 7.53. The number of halogens is 1. The van der Waals surface area contributed by atoms with Gasteiger partial charge in [0.05, 0.1) is 12.6 Å². The second kappa shape index (κ2) is 6.15. The first-order valence-electron chi connectivity index (χ1n) is 6.65. The van der Waals surface area contributed by atoms with Crippen LogP contribution in [0.3, 0.4) is 0 Å². The number of hydrogen-bond donors (Lipinski definition) is 1. The van der Waals surface area contributed by atoms with Gasteiger partial charge in [-0.3, -0.25) is 4.90 Å². The van der Waals surface area contributed by atoms with Crippen LogP contribution >= 0.6 is 0 Å². The summed E-state index contributed by atoms with van der Waals surface area (Å²) in [5, 5.41) is 0. The van der Waals surface area contributed by atoms with Gasteiger partial charge in [0.15, 0.2) is 0 Å². The lowest BCUT2D eigenvalue weighted by atomic mass is 10.0. The van der Waals surface area contributed by atoms with Crippen LogP contribution in [-0.4, -0.2) is 28.0 Å². The normalized spacial score (nSPS) is 12.9. The fraction of sp³-hybridized carbons (Fsp3) is 0.400. The van der Waals surface area contributed by atoms with Gasteiger partial charge >= 0.3 is 0 Å². The molecule has 0 fully saturated rings. The van der Waals surface area contributed by atoms with Gasteiger partial charge in [-0.25, -0.2) is 9.37 Å². The molecule has 1 unspecified atom stereocenters. The van der Waals surface area contributed by atoms with Crippen LogP contribution in [0.25, 0.3) is 0 Å². The lowest BCUT2D eigenvalue weighted by Crippen LogP contribution is -2.31. The smallest absolute Gasteiger partial charge is 0.128 e. The van der Waals surface area contributed by atoms with Crippen LogP contribution in [0.5, 0.6) is 0 Å². The third kappa shape index (κ3) is 3.05. The summed E-state index contributed by atoms with van der Waals surface area (Å²) in [4.78, 5) is 6.32. The average molecular weight is 276 g/mol. The summed E-state index contributed by atoms with van der Waals surface area (Å²) >= 11 is 0. The van der Waals surface area contributed by atoms with Crippen LogP contribution in [0.15, 0.2) is 30.6 Å². The van der Waals surface area contributed by atoms with Gasteiger partial charge in [-0.2, -0.15) is 0 Å². The van der Waals surface area contributed by atoms with Crippen LogP contribution in [-0.2, 0) is 13.6 Å². The van der Waals surface area contributed by atoms with Gasteiger partial charge in [0, 0.05) is 31.5 Å². The van der Waals surface area contributed by atoms with Crippen molar-refractivity contribution < 1.29 is 4.39 Å². The van der Waals surface area contributed by atoms with Crippen LogP contribution < -0.4 is 5.73 Å². The number of aromatic nitrogens is 2.